The molecule has 1 aromatic carbocycles. The molecule has 26 heavy (non-hydrogen) atoms. The summed E-state index contributed by atoms with van der Waals surface area (Å²) >= 11 is 0. The summed E-state index contributed by atoms with van der Waals surface area (Å²) < 4.78 is 7.03. The molecule has 0 saturated carbocycles. The maximum atomic E-state index is 12.4. The van der Waals surface area contributed by atoms with Crippen molar-refractivity contribution in [2.45, 2.75) is 27.7 Å². The number of esters is 1. The standard InChI is InChI=1S/C20H21N3O3/c1-12-5-7-16(8-6-12)23-13(2)9-17(15(23)4)20(25)26-11-19(24)18(10-21)14(3)22/h5-9H,11,22H2,1-4H3. The summed E-state index contributed by atoms with van der Waals surface area (Å²) in [6, 6.07) is 11.4. The van der Waals surface area contributed by atoms with Gasteiger partial charge in [0.1, 0.15) is 11.6 Å². The summed E-state index contributed by atoms with van der Waals surface area (Å²) in [7, 11) is 0. The van der Waals surface area contributed by atoms with Crippen LogP contribution in [-0.4, -0.2) is 22.9 Å². The van der Waals surface area contributed by atoms with Crippen LogP contribution in [0, 0.1) is 32.1 Å². The van der Waals surface area contributed by atoms with Gasteiger partial charge in [-0.1, -0.05) is 17.7 Å². The number of carbonyl (C=O) groups is 2. The SMILES string of the molecule is CC(N)=C(C#N)C(=O)COC(=O)c1cc(C)n(-c2ccc(C)cc2)c1C. The molecule has 0 amide bonds. The van der Waals surface area contributed by atoms with E-state index < -0.39 is 18.4 Å². The zero-order chi connectivity index (χ0) is 19.4. The van der Waals surface area contributed by atoms with Gasteiger partial charge in [0.15, 0.2) is 6.61 Å². The first-order valence-electron chi connectivity index (χ1n) is 8.09. The Balaban J connectivity index is 2.22. The molecular weight excluding hydrogens is 330 g/mol. The maximum Gasteiger partial charge on any atom is 0.340 e. The number of nitriles is 1. The van der Waals surface area contributed by atoms with Crippen molar-refractivity contribution in [3.05, 3.63) is 64.1 Å². The third-order valence-corrected chi connectivity index (χ3v) is 4.06. The molecule has 1 heterocycles. The van der Waals surface area contributed by atoms with E-state index in [4.69, 9.17) is 15.7 Å². The minimum Gasteiger partial charge on any atom is -0.454 e. The minimum absolute atomic E-state index is 0.103. The van der Waals surface area contributed by atoms with E-state index in [0.29, 0.717) is 5.56 Å². The Hall–Kier alpha value is -3.33. The normalized spacial score (nSPS) is 11.5. The Morgan fingerprint density at radius 3 is 2.35 bits per heavy atom. The van der Waals surface area contributed by atoms with Crippen LogP contribution in [0.2, 0.25) is 0 Å². The molecule has 0 aliphatic heterocycles. The van der Waals surface area contributed by atoms with E-state index in [9.17, 15) is 9.59 Å². The molecule has 0 bridgehead atoms. The molecule has 134 valence electrons. The van der Waals surface area contributed by atoms with Gasteiger partial charge >= 0.3 is 5.97 Å². The number of benzene rings is 1. The Bertz CT molecular complexity index is 924. The number of aromatic nitrogens is 1. The zero-order valence-corrected chi connectivity index (χ0v) is 15.3. The number of nitrogens with two attached hydrogens (primary N) is 1. The summed E-state index contributed by atoms with van der Waals surface area (Å²) in [5, 5.41) is 8.93. The van der Waals surface area contributed by atoms with E-state index in [-0.39, 0.29) is 11.3 Å². The Morgan fingerprint density at radius 2 is 1.81 bits per heavy atom. The van der Waals surface area contributed by atoms with Crippen molar-refractivity contribution in [2.75, 3.05) is 6.61 Å². The van der Waals surface area contributed by atoms with Crippen LogP contribution < -0.4 is 5.73 Å². The lowest BCUT2D eigenvalue weighted by Gasteiger charge is -2.10. The van der Waals surface area contributed by atoms with Crippen LogP contribution in [0.5, 0.6) is 0 Å². The number of aryl methyl sites for hydroxylation is 2. The molecule has 2 aromatic rings. The smallest absolute Gasteiger partial charge is 0.340 e. The van der Waals surface area contributed by atoms with Crippen LogP contribution in [0.15, 0.2) is 41.6 Å². The number of hydrogen-bond acceptors (Lipinski definition) is 5. The summed E-state index contributed by atoms with van der Waals surface area (Å²) in [6.07, 6.45) is 0. The summed E-state index contributed by atoms with van der Waals surface area (Å²) in [5.41, 5.74) is 9.45. The van der Waals surface area contributed by atoms with E-state index in [1.165, 1.54) is 6.92 Å². The highest BCUT2D eigenvalue weighted by Crippen LogP contribution is 2.22. The zero-order valence-electron chi connectivity index (χ0n) is 15.3. The molecule has 2 rings (SSSR count). The second kappa shape index (κ2) is 7.70. The van der Waals surface area contributed by atoms with Gasteiger partial charge in [0.2, 0.25) is 5.78 Å². The van der Waals surface area contributed by atoms with Gasteiger partial charge in [-0.3, -0.25) is 4.79 Å². The first-order valence-corrected chi connectivity index (χ1v) is 8.09. The van der Waals surface area contributed by atoms with Crippen molar-refractivity contribution in [1.29, 1.82) is 5.26 Å². The number of rotatable bonds is 5. The predicted octanol–water partition coefficient (Wildman–Crippen LogP) is 2.88. The van der Waals surface area contributed by atoms with Crippen LogP contribution in [0.1, 0.15) is 34.2 Å². The molecule has 0 aliphatic rings. The quantitative estimate of drug-likeness (QED) is 0.507. The van der Waals surface area contributed by atoms with Crippen molar-refractivity contribution in [3.8, 4) is 11.8 Å². The van der Waals surface area contributed by atoms with Crippen LogP contribution in [0.3, 0.4) is 0 Å². The number of Topliss-reactive ketones (excluding diaryl/α,β-unsaturated/α-hetero) is 1. The average Bonchev–Trinajstić information content (AvgIpc) is 2.88. The van der Waals surface area contributed by atoms with Gasteiger partial charge in [-0.2, -0.15) is 5.26 Å². The molecule has 0 spiro atoms. The van der Waals surface area contributed by atoms with E-state index in [1.54, 1.807) is 12.1 Å². The monoisotopic (exact) mass is 351 g/mol. The molecule has 0 fully saturated rings. The number of ether oxygens (including phenoxy) is 1. The highest BCUT2D eigenvalue weighted by Gasteiger charge is 2.20. The lowest BCUT2D eigenvalue weighted by molar-refractivity contribution is -0.118. The third kappa shape index (κ3) is 3.83. The predicted molar refractivity (Wildman–Crippen MR) is 97.8 cm³/mol. The first kappa shape index (κ1) is 19.0. The molecule has 2 N–H and O–H groups in total. The van der Waals surface area contributed by atoms with Crippen LogP contribution >= 0.6 is 0 Å². The van der Waals surface area contributed by atoms with Crippen LogP contribution in [0.25, 0.3) is 5.69 Å². The summed E-state index contributed by atoms with van der Waals surface area (Å²) in [5.74, 6) is -1.23. The highest BCUT2D eigenvalue weighted by atomic mass is 16.5. The van der Waals surface area contributed by atoms with Gasteiger partial charge in [0.05, 0.1) is 5.56 Å². The fraction of sp³-hybridized carbons (Fsp3) is 0.250. The molecule has 0 saturated heterocycles. The second-order valence-electron chi connectivity index (χ2n) is 6.12. The lowest BCUT2D eigenvalue weighted by Crippen LogP contribution is -2.18. The number of ketones is 1. The lowest BCUT2D eigenvalue weighted by atomic mass is 10.1. The van der Waals surface area contributed by atoms with Crippen LogP contribution in [-0.2, 0) is 9.53 Å². The minimum atomic E-state index is -0.617. The average molecular weight is 351 g/mol. The highest BCUT2D eigenvalue weighted by molar-refractivity contribution is 6.02. The fourth-order valence-electron chi connectivity index (χ4n) is 2.71. The summed E-state index contributed by atoms with van der Waals surface area (Å²) in [4.78, 5) is 24.3. The van der Waals surface area contributed by atoms with E-state index in [0.717, 1.165) is 22.6 Å². The van der Waals surface area contributed by atoms with Crippen molar-refractivity contribution < 1.29 is 14.3 Å². The van der Waals surface area contributed by atoms with Gasteiger partial charge in [0.25, 0.3) is 0 Å². The molecule has 0 atom stereocenters. The van der Waals surface area contributed by atoms with E-state index in [1.807, 2.05) is 49.6 Å². The molecular formula is C20H21N3O3. The van der Waals surface area contributed by atoms with Gasteiger partial charge < -0.3 is 15.0 Å². The van der Waals surface area contributed by atoms with Gasteiger partial charge in [-0.05, 0) is 45.9 Å². The van der Waals surface area contributed by atoms with Crippen molar-refractivity contribution in [3.63, 3.8) is 0 Å². The molecule has 6 heteroatoms. The van der Waals surface area contributed by atoms with Crippen molar-refractivity contribution >= 4 is 11.8 Å². The topological polar surface area (TPSA) is 98.1 Å². The molecule has 0 unspecified atom stereocenters. The van der Waals surface area contributed by atoms with Gasteiger partial charge in [-0.15, -0.1) is 0 Å². The first-order chi connectivity index (χ1) is 12.3. The van der Waals surface area contributed by atoms with Gasteiger partial charge in [-0.25, -0.2) is 4.79 Å². The molecule has 6 nitrogen and oxygen atoms in total. The molecule has 0 aliphatic carbocycles. The Morgan fingerprint density at radius 1 is 1.19 bits per heavy atom. The molecule has 0 radical (unpaired) electrons. The van der Waals surface area contributed by atoms with E-state index >= 15 is 0 Å². The largest absolute Gasteiger partial charge is 0.454 e. The summed E-state index contributed by atoms with van der Waals surface area (Å²) in [6.45, 7) is 6.64. The van der Waals surface area contributed by atoms with E-state index in [2.05, 4.69) is 0 Å². The second-order valence-corrected chi connectivity index (χ2v) is 6.12. The molecule has 1 aromatic heterocycles. The number of nitrogens with zero attached hydrogens (tertiary/aromatic N) is 2. The maximum absolute atomic E-state index is 12.4. The number of carbonyl (C=O) groups excluding carboxylic acids is 2. The third-order valence-electron chi connectivity index (χ3n) is 4.06. The van der Waals surface area contributed by atoms with Crippen molar-refractivity contribution in [2.24, 2.45) is 5.73 Å². The van der Waals surface area contributed by atoms with Gasteiger partial charge in [0, 0.05) is 22.8 Å². The fourth-order valence-corrected chi connectivity index (χ4v) is 2.71. The van der Waals surface area contributed by atoms with Crippen molar-refractivity contribution in [1.82, 2.24) is 4.57 Å². The Kier molecular flexibility index (Phi) is 5.63. The van der Waals surface area contributed by atoms with Crippen LogP contribution in [0.4, 0.5) is 0 Å². The number of hydrogen-bond donors (Lipinski definition) is 1. The Labute approximate surface area is 152 Å². The number of allylic oxidation sites excluding steroid dienone is 1.